The van der Waals surface area contributed by atoms with Gasteiger partial charge in [-0.1, -0.05) is 44.9 Å². The Balaban J connectivity index is 2.14. The lowest BCUT2D eigenvalue weighted by Crippen LogP contribution is -2.21. The van der Waals surface area contributed by atoms with Gasteiger partial charge in [0.15, 0.2) is 0 Å². The van der Waals surface area contributed by atoms with Gasteiger partial charge in [0.25, 0.3) is 0 Å². The van der Waals surface area contributed by atoms with Crippen LogP contribution in [0.15, 0.2) is 30.3 Å². The number of methoxy groups -OCH3 is 1. The lowest BCUT2D eigenvalue weighted by atomic mass is 9.70. The number of carbonyl (C=O) groups is 1. The van der Waals surface area contributed by atoms with Crippen molar-refractivity contribution in [2.24, 2.45) is 5.41 Å². The minimum Gasteiger partial charge on any atom is -0.465 e. The standard InChI is InChI=1S/C18H24O2/c1-4-18(5-2)12-10-15(11-13-18)14-6-8-16(9-7-14)17(19)20-3/h6-10H,4-5,11-13H2,1-3H3. The summed E-state index contributed by atoms with van der Waals surface area (Å²) in [6.07, 6.45) is 8.49. The van der Waals surface area contributed by atoms with Crippen LogP contribution in [0.3, 0.4) is 0 Å². The van der Waals surface area contributed by atoms with Gasteiger partial charge in [-0.2, -0.15) is 0 Å². The van der Waals surface area contributed by atoms with Crippen molar-refractivity contribution >= 4 is 11.5 Å². The second kappa shape index (κ2) is 6.25. The SMILES string of the molecule is CCC1(CC)CC=C(c2ccc(C(=O)OC)cc2)CC1. The summed E-state index contributed by atoms with van der Waals surface area (Å²) < 4.78 is 4.72. The zero-order chi connectivity index (χ0) is 14.6. The molecule has 1 aromatic rings. The Kier molecular flexibility index (Phi) is 4.64. The largest absolute Gasteiger partial charge is 0.465 e. The van der Waals surface area contributed by atoms with E-state index >= 15 is 0 Å². The van der Waals surface area contributed by atoms with Crippen molar-refractivity contribution in [2.75, 3.05) is 7.11 Å². The van der Waals surface area contributed by atoms with E-state index in [1.54, 1.807) is 0 Å². The highest BCUT2D eigenvalue weighted by Crippen LogP contribution is 2.43. The molecule has 2 rings (SSSR count). The average Bonchev–Trinajstić information content (AvgIpc) is 2.54. The summed E-state index contributed by atoms with van der Waals surface area (Å²) in [5, 5.41) is 0. The minimum atomic E-state index is -0.273. The van der Waals surface area contributed by atoms with Crippen molar-refractivity contribution in [3.63, 3.8) is 0 Å². The van der Waals surface area contributed by atoms with E-state index in [2.05, 4.69) is 19.9 Å². The molecule has 0 heterocycles. The van der Waals surface area contributed by atoms with Crippen molar-refractivity contribution in [3.05, 3.63) is 41.5 Å². The molecular formula is C18H24O2. The van der Waals surface area contributed by atoms with Crippen molar-refractivity contribution < 1.29 is 9.53 Å². The van der Waals surface area contributed by atoms with E-state index in [1.165, 1.54) is 43.9 Å². The summed E-state index contributed by atoms with van der Waals surface area (Å²) >= 11 is 0. The van der Waals surface area contributed by atoms with Crippen LogP contribution in [0.25, 0.3) is 5.57 Å². The summed E-state index contributed by atoms with van der Waals surface area (Å²) in [6, 6.07) is 7.76. The number of hydrogen-bond donors (Lipinski definition) is 0. The Morgan fingerprint density at radius 3 is 2.30 bits per heavy atom. The normalized spacial score (nSPS) is 17.4. The van der Waals surface area contributed by atoms with E-state index in [4.69, 9.17) is 4.74 Å². The molecule has 0 spiro atoms. The zero-order valence-corrected chi connectivity index (χ0v) is 12.7. The minimum absolute atomic E-state index is 0.273. The van der Waals surface area contributed by atoms with Crippen molar-refractivity contribution in [2.45, 2.75) is 46.0 Å². The first-order chi connectivity index (χ1) is 9.64. The molecule has 0 radical (unpaired) electrons. The van der Waals surface area contributed by atoms with Gasteiger partial charge in [0.2, 0.25) is 0 Å². The fourth-order valence-electron chi connectivity index (χ4n) is 3.04. The summed E-state index contributed by atoms with van der Waals surface area (Å²) in [7, 11) is 1.41. The third-order valence-corrected chi connectivity index (χ3v) is 4.88. The predicted molar refractivity (Wildman–Crippen MR) is 82.6 cm³/mol. The van der Waals surface area contributed by atoms with Gasteiger partial charge in [-0.25, -0.2) is 4.79 Å². The summed E-state index contributed by atoms with van der Waals surface area (Å²) in [4.78, 5) is 11.4. The molecule has 0 fully saturated rings. The average molecular weight is 272 g/mol. The van der Waals surface area contributed by atoms with Gasteiger partial charge in [-0.3, -0.25) is 0 Å². The molecule has 1 aromatic carbocycles. The molecule has 0 unspecified atom stereocenters. The number of benzene rings is 1. The lowest BCUT2D eigenvalue weighted by molar-refractivity contribution is 0.0600. The molecule has 0 saturated carbocycles. The Morgan fingerprint density at radius 2 is 1.85 bits per heavy atom. The van der Waals surface area contributed by atoms with Gasteiger partial charge in [0.05, 0.1) is 12.7 Å². The fraction of sp³-hybridized carbons (Fsp3) is 0.500. The summed E-state index contributed by atoms with van der Waals surface area (Å²) in [6.45, 7) is 4.60. The van der Waals surface area contributed by atoms with Crippen LogP contribution in [0.2, 0.25) is 0 Å². The third kappa shape index (κ3) is 2.95. The van der Waals surface area contributed by atoms with E-state index in [1.807, 2.05) is 24.3 Å². The molecular weight excluding hydrogens is 248 g/mol. The first-order valence-electron chi connectivity index (χ1n) is 7.52. The predicted octanol–water partition coefficient (Wildman–Crippen LogP) is 4.85. The van der Waals surface area contributed by atoms with E-state index in [0.29, 0.717) is 11.0 Å². The van der Waals surface area contributed by atoms with Crippen LogP contribution >= 0.6 is 0 Å². The molecule has 2 heteroatoms. The number of carbonyl (C=O) groups excluding carboxylic acids is 1. The first-order valence-corrected chi connectivity index (χ1v) is 7.52. The number of allylic oxidation sites excluding steroid dienone is 2. The van der Waals surface area contributed by atoms with Gasteiger partial charge in [-0.05, 0) is 47.9 Å². The van der Waals surface area contributed by atoms with Gasteiger partial charge >= 0.3 is 5.97 Å². The molecule has 20 heavy (non-hydrogen) atoms. The maximum Gasteiger partial charge on any atom is 0.337 e. The molecule has 0 bridgehead atoms. The molecule has 0 aromatic heterocycles. The Labute approximate surface area is 121 Å². The first kappa shape index (κ1) is 14.8. The second-order valence-electron chi connectivity index (χ2n) is 5.71. The molecule has 0 saturated heterocycles. The van der Waals surface area contributed by atoms with Crippen molar-refractivity contribution in [1.29, 1.82) is 0 Å². The van der Waals surface area contributed by atoms with E-state index < -0.39 is 0 Å². The Bertz CT molecular complexity index is 493. The molecule has 0 N–H and O–H groups in total. The smallest absolute Gasteiger partial charge is 0.337 e. The molecule has 2 nitrogen and oxygen atoms in total. The lowest BCUT2D eigenvalue weighted by Gasteiger charge is -2.35. The maximum atomic E-state index is 11.4. The quantitative estimate of drug-likeness (QED) is 0.733. The van der Waals surface area contributed by atoms with E-state index in [9.17, 15) is 4.79 Å². The highest BCUT2D eigenvalue weighted by Gasteiger charge is 2.28. The molecule has 1 aliphatic carbocycles. The van der Waals surface area contributed by atoms with Crippen LogP contribution < -0.4 is 0 Å². The molecule has 1 aliphatic rings. The fourth-order valence-corrected chi connectivity index (χ4v) is 3.04. The Hall–Kier alpha value is -1.57. The van der Waals surface area contributed by atoms with Crippen LogP contribution in [0.4, 0.5) is 0 Å². The summed E-state index contributed by atoms with van der Waals surface area (Å²) in [5.74, 6) is -0.273. The molecule has 0 amide bonds. The van der Waals surface area contributed by atoms with Crippen molar-refractivity contribution in [3.8, 4) is 0 Å². The monoisotopic (exact) mass is 272 g/mol. The van der Waals surface area contributed by atoms with Crippen LogP contribution in [-0.4, -0.2) is 13.1 Å². The highest BCUT2D eigenvalue weighted by molar-refractivity contribution is 5.89. The number of esters is 1. The van der Waals surface area contributed by atoms with Gasteiger partial charge in [-0.15, -0.1) is 0 Å². The van der Waals surface area contributed by atoms with Crippen LogP contribution in [0.5, 0.6) is 0 Å². The van der Waals surface area contributed by atoms with Gasteiger partial charge in [0.1, 0.15) is 0 Å². The van der Waals surface area contributed by atoms with Crippen LogP contribution in [0, 0.1) is 5.41 Å². The van der Waals surface area contributed by atoms with Gasteiger partial charge < -0.3 is 4.74 Å². The van der Waals surface area contributed by atoms with Gasteiger partial charge in [0, 0.05) is 0 Å². The summed E-state index contributed by atoms with van der Waals surface area (Å²) in [5.41, 5.74) is 3.77. The van der Waals surface area contributed by atoms with Crippen LogP contribution in [-0.2, 0) is 4.74 Å². The van der Waals surface area contributed by atoms with Crippen LogP contribution in [0.1, 0.15) is 61.9 Å². The zero-order valence-electron chi connectivity index (χ0n) is 12.7. The van der Waals surface area contributed by atoms with E-state index in [-0.39, 0.29) is 5.97 Å². The molecule has 108 valence electrons. The topological polar surface area (TPSA) is 26.3 Å². The highest BCUT2D eigenvalue weighted by atomic mass is 16.5. The maximum absolute atomic E-state index is 11.4. The second-order valence-corrected chi connectivity index (χ2v) is 5.71. The molecule has 0 atom stereocenters. The van der Waals surface area contributed by atoms with Crippen molar-refractivity contribution in [1.82, 2.24) is 0 Å². The number of rotatable bonds is 4. The molecule has 0 aliphatic heterocycles. The number of ether oxygens (including phenoxy) is 1. The van der Waals surface area contributed by atoms with E-state index in [0.717, 1.165) is 6.42 Å². The Morgan fingerprint density at radius 1 is 1.20 bits per heavy atom. The third-order valence-electron chi connectivity index (χ3n) is 4.88. The number of hydrogen-bond acceptors (Lipinski definition) is 2.